The second-order valence-electron chi connectivity index (χ2n) is 7.47. The minimum absolute atomic E-state index is 0.140. The number of halogens is 3. The smallest absolute Gasteiger partial charge is 0.418 e. The highest BCUT2D eigenvalue weighted by molar-refractivity contribution is 5.68. The quantitative estimate of drug-likeness (QED) is 0.801. The van der Waals surface area contributed by atoms with E-state index in [4.69, 9.17) is 15.2 Å². The molecule has 5 nitrogen and oxygen atoms in total. The van der Waals surface area contributed by atoms with Gasteiger partial charge in [0.1, 0.15) is 11.4 Å². The molecule has 0 unspecified atom stereocenters. The van der Waals surface area contributed by atoms with Crippen LogP contribution in [0.15, 0.2) is 18.2 Å². The fourth-order valence-corrected chi connectivity index (χ4v) is 2.69. The standard InChI is InChI=1S/C18H25F3N2O3/c1-17(2,3)26-16(24)23-8-6-12(7-9-23)11-25-13-4-5-15(22)14(10-13)18(19,20)21/h4-5,10,12H,6-9,11,22H2,1-3H3. The van der Waals surface area contributed by atoms with Gasteiger partial charge in [-0.15, -0.1) is 0 Å². The third kappa shape index (κ3) is 5.71. The van der Waals surface area contributed by atoms with E-state index in [1.165, 1.54) is 12.1 Å². The van der Waals surface area contributed by atoms with E-state index in [-0.39, 0.29) is 23.4 Å². The fraction of sp³-hybridized carbons (Fsp3) is 0.611. The zero-order valence-corrected chi connectivity index (χ0v) is 15.2. The summed E-state index contributed by atoms with van der Waals surface area (Å²) in [5.74, 6) is 0.307. The maximum absolute atomic E-state index is 12.9. The number of ether oxygens (including phenoxy) is 2. The normalized spacial score (nSPS) is 16.5. The highest BCUT2D eigenvalue weighted by atomic mass is 19.4. The van der Waals surface area contributed by atoms with Crippen LogP contribution in [0.3, 0.4) is 0 Å². The largest absolute Gasteiger partial charge is 0.493 e. The van der Waals surface area contributed by atoms with Gasteiger partial charge < -0.3 is 20.1 Å². The number of nitrogen functional groups attached to an aromatic ring is 1. The molecule has 1 aromatic carbocycles. The van der Waals surface area contributed by atoms with Gasteiger partial charge in [-0.25, -0.2) is 4.79 Å². The summed E-state index contributed by atoms with van der Waals surface area (Å²) < 4.78 is 49.5. The molecule has 146 valence electrons. The summed E-state index contributed by atoms with van der Waals surface area (Å²) in [6.45, 7) is 6.81. The molecule has 8 heteroatoms. The monoisotopic (exact) mass is 374 g/mol. The molecule has 1 heterocycles. The summed E-state index contributed by atoms with van der Waals surface area (Å²) in [6.07, 6.45) is -3.44. The molecule has 1 fully saturated rings. The average Bonchev–Trinajstić information content (AvgIpc) is 2.52. The predicted molar refractivity (Wildman–Crippen MR) is 91.9 cm³/mol. The maximum Gasteiger partial charge on any atom is 0.418 e. The number of carbonyl (C=O) groups excluding carboxylic acids is 1. The molecule has 0 aliphatic carbocycles. The molecule has 1 aromatic rings. The van der Waals surface area contributed by atoms with Crippen LogP contribution in [0.1, 0.15) is 39.2 Å². The number of nitrogens with two attached hydrogens (primary N) is 1. The number of carbonyl (C=O) groups is 1. The molecule has 1 aliphatic heterocycles. The molecule has 0 aromatic heterocycles. The van der Waals surface area contributed by atoms with Crippen LogP contribution >= 0.6 is 0 Å². The average molecular weight is 374 g/mol. The zero-order chi connectivity index (χ0) is 19.5. The summed E-state index contributed by atoms with van der Waals surface area (Å²) >= 11 is 0. The van der Waals surface area contributed by atoms with Crippen molar-refractivity contribution in [3.05, 3.63) is 23.8 Å². The van der Waals surface area contributed by atoms with Gasteiger partial charge in [0.15, 0.2) is 0 Å². The Hall–Kier alpha value is -2.12. The first-order valence-corrected chi connectivity index (χ1v) is 8.53. The van der Waals surface area contributed by atoms with Gasteiger partial charge in [0.2, 0.25) is 0 Å². The number of nitrogens with zero attached hydrogens (tertiary/aromatic N) is 1. The Morgan fingerprint density at radius 1 is 1.23 bits per heavy atom. The minimum Gasteiger partial charge on any atom is -0.493 e. The Bertz CT molecular complexity index is 634. The second kappa shape index (κ2) is 7.63. The summed E-state index contributed by atoms with van der Waals surface area (Å²) in [5.41, 5.74) is 3.62. The first kappa shape index (κ1) is 20.2. The van der Waals surface area contributed by atoms with Crippen molar-refractivity contribution < 1.29 is 27.4 Å². The fourth-order valence-electron chi connectivity index (χ4n) is 2.69. The van der Waals surface area contributed by atoms with Crippen molar-refractivity contribution in [1.29, 1.82) is 0 Å². The molecule has 0 saturated carbocycles. The number of alkyl halides is 3. The van der Waals surface area contributed by atoms with Crippen LogP contribution < -0.4 is 10.5 Å². The molecule has 26 heavy (non-hydrogen) atoms. The van der Waals surface area contributed by atoms with E-state index in [0.29, 0.717) is 32.5 Å². The minimum atomic E-state index is -4.51. The first-order valence-electron chi connectivity index (χ1n) is 8.53. The Morgan fingerprint density at radius 3 is 2.38 bits per heavy atom. The maximum atomic E-state index is 12.9. The lowest BCUT2D eigenvalue weighted by molar-refractivity contribution is -0.137. The number of anilines is 1. The van der Waals surface area contributed by atoms with Crippen LogP contribution in [0.5, 0.6) is 5.75 Å². The molecule has 1 amide bonds. The van der Waals surface area contributed by atoms with Crippen LogP contribution in [0.2, 0.25) is 0 Å². The van der Waals surface area contributed by atoms with Gasteiger partial charge in [-0.1, -0.05) is 0 Å². The van der Waals surface area contributed by atoms with Gasteiger partial charge >= 0.3 is 12.3 Å². The van der Waals surface area contributed by atoms with Crippen molar-refractivity contribution in [1.82, 2.24) is 4.90 Å². The molecule has 0 spiro atoms. The molecule has 0 atom stereocenters. The van der Waals surface area contributed by atoms with Crippen LogP contribution in [0.25, 0.3) is 0 Å². The van der Waals surface area contributed by atoms with E-state index < -0.39 is 17.3 Å². The van der Waals surface area contributed by atoms with Gasteiger partial charge in [-0.3, -0.25) is 0 Å². The molecule has 1 aliphatic rings. The van der Waals surface area contributed by atoms with E-state index in [2.05, 4.69) is 0 Å². The lowest BCUT2D eigenvalue weighted by Crippen LogP contribution is -2.42. The van der Waals surface area contributed by atoms with E-state index in [9.17, 15) is 18.0 Å². The molecular weight excluding hydrogens is 349 g/mol. The van der Waals surface area contributed by atoms with Crippen molar-refractivity contribution in [2.45, 2.75) is 45.4 Å². The highest BCUT2D eigenvalue weighted by Crippen LogP contribution is 2.36. The van der Waals surface area contributed by atoms with E-state index in [0.717, 1.165) is 6.07 Å². The van der Waals surface area contributed by atoms with Crippen LogP contribution in [-0.2, 0) is 10.9 Å². The van der Waals surface area contributed by atoms with Crippen molar-refractivity contribution in [2.24, 2.45) is 5.92 Å². The lowest BCUT2D eigenvalue weighted by Gasteiger charge is -2.33. The van der Waals surface area contributed by atoms with Crippen LogP contribution in [-0.4, -0.2) is 36.3 Å². The highest BCUT2D eigenvalue weighted by Gasteiger charge is 2.33. The SMILES string of the molecule is CC(C)(C)OC(=O)N1CCC(COc2ccc(N)c(C(F)(F)F)c2)CC1. The Morgan fingerprint density at radius 2 is 1.85 bits per heavy atom. The molecule has 2 N–H and O–H groups in total. The van der Waals surface area contributed by atoms with Crippen molar-refractivity contribution in [3.63, 3.8) is 0 Å². The number of piperidine rings is 1. The van der Waals surface area contributed by atoms with Crippen molar-refractivity contribution in [2.75, 3.05) is 25.4 Å². The third-order valence-electron chi connectivity index (χ3n) is 4.08. The number of benzene rings is 1. The summed E-state index contributed by atoms with van der Waals surface area (Å²) in [6, 6.07) is 3.55. The van der Waals surface area contributed by atoms with E-state index >= 15 is 0 Å². The van der Waals surface area contributed by atoms with Crippen molar-refractivity contribution in [3.8, 4) is 5.75 Å². The molecule has 2 rings (SSSR count). The number of rotatable bonds is 3. The Labute approximate surface area is 151 Å². The number of likely N-dealkylation sites (tertiary alicyclic amines) is 1. The number of hydrogen-bond donors (Lipinski definition) is 1. The van der Waals surface area contributed by atoms with Gasteiger partial charge in [-0.2, -0.15) is 13.2 Å². The van der Waals surface area contributed by atoms with E-state index in [1.54, 1.807) is 4.90 Å². The van der Waals surface area contributed by atoms with Crippen molar-refractivity contribution >= 4 is 11.8 Å². The Balaban J connectivity index is 1.85. The van der Waals surface area contributed by atoms with Gasteiger partial charge in [0.25, 0.3) is 0 Å². The van der Waals surface area contributed by atoms with Gasteiger partial charge in [0.05, 0.1) is 12.2 Å². The van der Waals surface area contributed by atoms with Gasteiger partial charge in [-0.05, 0) is 57.7 Å². The number of amides is 1. The summed E-state index contributed by atoms with van der Waals surface area (Å²) in [5, 5.41) is 0. The van der Waals surface area contributed by atoms with Crippen LogP contribution in [0.4, 0.5) is 23.7 Å². The predicted octanol–water partition coefficient (Wildman–Crippen LogP) is 4.31. The molecule has 1 saturated heterocycles. The first-order chi connectivity index (χ1) is 12.0. The van der Waals surface area contributed by atoms with Crippen LogP contribution in [0, 0.1) is 5.92 Å². The summed E-state index contributed by atoms with van der Waals surface area (Å²) in [4.78, 5) is 13.7. The van der Waals surface area contributed by atoms with E-state index in [1.807, 2.05) is 20.8 Å². The second-order valence-corrected chi connectivity index (χ2v) is 7.47. The third-order valence-corrected chi connectivity index (χ3v) is 4.08. The topological polar surface area (TPSA) is 64.8 Å². The Kier molecular flexibility index (Phi) is 5.93. The zero-order valence-electron chi connectivity index (χ0n) is 15.2. The lowest BCUT2D eigenvalue weighted by atomic mass is 9.98. The molecule has 0 radical (unpaired) electrons. The molecule has 0 bridgehead atoms. The molecular formula is C18H25F3N2O3. The summed E-state index contributed by atoms with van der Waals surface area (Å²) in [7, 11) is 0. The number of hydrogen-bond acceptors (Lipinski definition) is 4. The van der Waals surface area contributed by atoms with Gasteiger partial charge in [0, 0.05) is 18.8 Å².